The lowest BCUT2D eigenvalue weighted by atomic mass is 10.1. The van der Waals surface area contributed by atoms with Crippen molar-refractivity contribution in [1.82, 2.24) is 4.90 Å². The number of nitrogens with one attached hydrogen (secondary N) is 1. The van der Waals surface area contributed by atoms with E-state index in [0.717, 1.165) is 6.42 Å². The van der Waals surface area contributed by atoms with Gasteiger partial charge in [0.25, 0.3) is 5.91 Å². The highest BCUT2D eigenvalue weighted by Gasteiger charge is 2.17. The SMILES string of the molecule is CNc1c(F)cccc1C(=O)N(C)CCCOC. The summed E-state index contributed by atoms with van der Waals surface area (Å²) in [5.74, 6) is -0.622. The Hall–Kier alpha value is -1.62. The Kier molecular flexibility index (Phi) is 5.58. The molecule has 0 heterocycles. The van der Waals surface area contributed by atoms with E-state index >= 15 is 0 Å². The molecule has 100 valence electrons. The molecule has 0 saturated carbocycles. The zero-order valence-electron chi connectivity index (χ0n) is 11.0. The van der Waals surface area contributed by atoms with Crippen LogP contribution in [0.1, 0.15) is 16.8 Å². The normalized spacial score (nSPS) is 10.2. The summed E-state index contributed by atoms with van der Waals surface area (Å²) in [6.07, 6.45) is 0.753. The molecule has 0 atom stereocenters. The van der Waals surface area contributed by atoms with Gasteiger partial charge in [-0.05, 0) is 18.6 Å². The van der Waals surface area contributed by atoms with Gasteiger partial charge >= 0.3 is 0 Å². The van der Waals surface area contributed by atoms with E-state index in [-0.39, 0.29) is 11.6 Å². The third-order valence-corrected chi connectivity index (χ3v) is 2.68. The molecule has 0 saturated heterocycles. The number of methoxy groups -OCH3 is 1. The Morgan fingerprint density at radius 1 is 1.50 bits per heavy atom. The summed E-state index contributed by atoms with van der Waals surface area (Å²) in [4.78, 5) is 13.7. The molecule has 18 heavy (non-hydrogen) atoms. The van der Waals surface area contributed by atoms with Gasteiger partial charge in [-0.2, -0.15) is 0 Å². The molecular formula is C13H19FN2O2. The lowest BCUT2D eigenvalue weighted by molar-refractivity contribution is 0.0780. The lowest BCUT2D eigenvalue weighted by Crippen LogP contribution is -2.29. The van der Waals surface area contributed by atoms with Crippen molar-refractivity contribution < 1.29 is 13.9 Å². The number of para-hydroxylation sites is 1. The van der Waals surface area contributed by atoms with Gasteiger partial charge < -0.3 is 15.0 Å². The molecule has 0 fully saturated rings. The summed E-state index contributed by atoms with van der Waals surface area (Å²) >= 11 is 0. The van der Waals surface area contributed by atoms with Crippen LogP contribution in [0.4, 0.5) is 10.1 Å². The molecule has 1 N–H and O–H groups in total. The summed E-state index contributed by atoms with van der Waals surface area (Å²) in [5, 5.41) is 2.72. The Balaban J connectivity index is 2.80. The molecule has 4 nitrogen and oxygen atoms in total. The first-order chi connectivity index (χ1) is 8.61. The molecule has 0 radical (unpaired) electrons. The van der Waals surface area contributed by atoms with Gasteiger partial charge in [0.15, 0.2) is 0 Å². The zero-order chi connectivity index (χ0) is 13.5. The largest absolute Gasteiger partial charge is 0.385 e. The number of rotatable bonds is 6. The van der Waals surface area contributed by atoms with E-state index in [4.69, 9.17) is 4.74 Å². The van der Waals surface area contributed by atoms with E-state index in [9.17, 15) is 9.18 Å². The number of amides is 1. The number of halogens is 1. The van der Waals surface area contributed by atoms with E-state index < -0.39 is 5.82 Å². The maximum atomic E-state index is 13.5. The lowest BCUT2D eigenvalue weighted by Gasteiger charge is -2.19. The van der Waals surface area contributed by atoms with Crippen LogP contribution in [-0.2, 0) is 4.74 Å². The van der Waals surface area contributed by atoms with Gasteiger partial charge in [-0.3, -0.25) is 4.79 Å². The molecule has 1 aromatic carbocycles. The second-order valence-corrected chi connectivity index (χ2v) is 3.99. The molecule has 0 bridgehead atoms. The van der Waals surface area contributed by atoms with E-state index in [1.807, 2.05) is 0 Å². The Labute approximate surface area is 107 Å². The predicted molar refractivity (Wildman–Crippen MR) is 69.4 cm³/mol. The monoisotopic (exact) mass is 254 g/mol. The first kappa shape index (κ1) is 14.4. The van der Waals surface area contributed by atoms with Crippen LogP contribution >= 0.6 is 0 Å². The summed E-state index contributed by atoms with van der Waals surface area (Å²) < 4.78 is 18.5. The Morgan fingerprint density at radius 2 is 2.22 bits per heavy atom. The van der Waals surface area contributed by atoms with Crippen molar-refractivity contribution >= 4 is 11.6 Å². The van der Waals surface area contributed by atoms with Gasteiger partial charge in [0.1, 0.15) is 5.82 Å². The highest BCUT2D eigenvalue weighted by molar-refractivity contribution is 5.99. The van der Waals surface area contributed by atoms with Crippen molar-refractivity contribution in [3.8, 4) is 0 Å². The molecule has 1 amide bonds. The number of hydrogen-bond acceptors (Lipinski definition) is 3. The maximum absolute atomic E-state index is 13.5. The van der Waals surface area contributed by atoms with E-state index in [1.165, 1.54) is 12.1 Å². The highest BCUT2D eigenvalue weighted by Crippen LogP contribution is 2.20. The Morgan fingerprint density at radius 3 is 2.83 bits per heavy atom. The first-order valence-corrected chi connectivity index (χ1v) is 5.82. The predicted octanol–water partition coefficient (Wildman–Crippen LogP) is 1.98. The van der Waals surface area contributed by atoms with Crippen LogP contribution in [0, 0.1) is 5.82 Å². The van der Waals surface area contributed by atoms with Gasteiger partial charge in [0.2, 0.25) is 0 Å². The summed E-state index contributed by atoms with van der Waals surface area (Å²) in [5.41, 5.74) is 0.582. The number of ether oxygens (including phenoxy) is 1. The molecule has 0 aliphatic carbocycles. The fourth-order valence-electron chi connectivity index (χ4n) is 1.71. The quantitative estimate of drug-likeness (QED) is 0.789. The van der Waals surface area contributed by atoms with Crippen molar-refractivity contribution in [2.75, 3.05) is 39.7 Å². The van der Waals surface area contributed by atoms with Gasteiger partial charge in [-0.1, -0.05) is 6.07 Å². The number of anilines is 1. The average Bonchev–Trinajstić information content (AvgIpc) is 2.37. The van der Waals surface area contributed by atoms with Crippen LogP contribution in [0.15, 0.2) is 18.2 Å². The first-order valence-electron chi connectivity index (χ1n) is 5.82. The summed E-state index contributed by atoms with van der Waals surface area (Å²) in [6.45, 7) is 1.17. The fraction of sp³-hybridized carbons (Fsp3) is 0.462. The number of carbonyl (C=O) groups excluding carboxylic acids is 1. The molecule has 1 aromatic rings. The van der Waals surface area contributed by atoms with E-state index in [1.54, 1.807) is 32.2 Å². The van der Waals surface area contributed by atoms with Crippen LogP contribution in [0.5, 0.6) is 0 Å². The van der Waals surface area contributed by atoms with Gasteiger partial charge in [-0.25, -0.2) is 4.39 Å². The number of nitrogens with zero attached hydrogens (tertiary/aromatic N) is 1. The molecule has 5 heteroatoms. The molecule has 0 aromatic heterocycles. The average molecular weight is 254 g/mol. The number of hydrogen-bond donors (Lipinski definition) is 1. The minimum Gasteiger partial charge on any atom is -0.385 e. The van der Waals surface area contributed by atoms with Crippen LogP contribution in [0.3, 0.4) is 0 Å². The van der Waals surface area contributed by atoms with Crippen molar-refractivity contribution in [3.63, 3.8) is 0 Å². The molecule has 0 spiro atoms. The van der Waals surface area contributed by atoms with Crippen LogP contribution < -0.4 is 5.32 Å². The molecule has 0 aliphatic heterocycles. The van der Waals surface area contributed by atoms with Crippen molar-refractivity contribution in [1.29, 1.82) is 0 Å². The zero-order valence-corrected chi connectivity index (χ0v) is 11.0. The van der Waals surface area contributed by atoms with Crippen LogP contribution in [0.2, 0.25) is 0 Å². The summed E-state index contributed by atoms with van der Waals surface area (Å²) in [6, 6.07) is 4.48. The topological polar surface area (TPSA) is 41.6 Å². The number of benzene rings is 1. The Bertz CT molecular complexity index is 410. The molecule has 0 unspecified atom stereocenters. The minimum atomic E-state index is -0.423. The van der Waals surface area contributed by atoms with Gasteiger partial charge in [0.05, 0.1) is 11.3 Å². The van der Waals surface area contributed by atoms with Gasteiger partial charge in [0, 0.05) is 34.4 Å². The molecule has 0 aliphatic rings. The van der Waals surface area contributed by atoms with Gasteiger partial charge in [-0.15, -0.1) is 0 Å². The number of carbonyl (C=O) groups is 1. The second kappa shape index (κ2) is 6.96. The third-order valence-electron chi connectivity index (χ3n) is 2.68. The standard InChI is InChI=1S/C13H19FN2O2/c1-15-12-10(6-4-7-11(12)14)13(17)16(2)8-5-9-18-3/h4,6-7,15H,5,8-9H2,1-3H3. The van der Waals surface area contributed by atoms with Crippen molar-refractivity contribution in [2.24, 2.45) is 0 Å². The van der Waals surface area contributed by atoms with E-state index in [0.29, 0.717) is 18.7 Å². The van der Waals surface area contributed by atoms with Crippen molar-refractivity contribution in [3.05, 3.63) is 29.6 Å². The van der Waals surface area contributed by atoms with Crippen LogP contribution in [0.25, 0.3) is 0 Å². The maximum Gasteiger partial charge on any atom is 0.255 e. The van der Waals surface area contributed by atoms with Crippen molar-refractivity contribution in [2.45, 2.75) is 6.42 Å². The fourth-order valence-corrected chi connectivity index (χ4v) is 1.71. The highest BCUT2D eigenvalue weighted by atomic mass is 19.1. The molecule has 1 rings (SSSR count). The smallest absolute Gasteiger partial charge is 0.255 e. The summed E-state index contributed by atoms with van der Waals surface area (Å²) in [7, 11) is 4.91. The molecular weight excluding hydrogens is 235 g/mol. The third kappa shape index (κ3) is 3.43. The minimum absolute atomic E-state index is 0.199. The second-order valence-electron chi connectivity index (χ2n) is 3.99. The van der Waals surface area contributed by atoms with E-state index in [2.05, 4.69) is 5.32 Å². The van der Waals surface area contributed by atoms with Crippen LogP contribution in [-0.4, -0.2) is 45.2 Å².